The van der Waals surface area contributed by atoms with Crippen molar-refractivity contribution in [2.24, 2.45) is 0 Å². The van der Waals surface area contributed by atoms with Crippen molar-refractivity contribution in [2.45, 2.75) is 13.5 Å². The molecule has 1 aromatic carbocycles. The molecule has 0 spiro atoms. The van der Waals surface area contributed by atoms with Crippen LogP contribution in [-0.4, -0.2) is 29.9 Å². The van der Waals surface area contributed by atoms with Crippen LogP contribution in [0.25, 0.3) is 22.6 Å². The zero-order chi connectivity index (χ0) is 15.8. The molecule has 0 atom stereocenters. The summed E-state index contributed by atoms with van der Waals surface area (Å²) in [6.45, 7) is 2.14. The Morgan fingerprint density at radius 2 is 2.04 bits per heavy atom. The molecule has 0 unspecified atom stereocenters. The van der Waals surface area contributed by atoms with Crippen LogP contribution in [0.2, 0.25) is 0 Å². The second-order valence-electron chi connectivity index (χ2n) is 5.21. The number of nitrogens with one attached hydrogen (secondary N) is 1. The standard InChI is InChI=1S/C16H13FN6/c1-10-19-16(21-20-10)15-14-13(7-4-8-18-14)23(22-15)9-11-5-2-3-6-12(11)17/h2-8H,9H2,1H3,(H,19,20,21). The number of aromatic nitrogens is 6. The van der Waals surface area contributed by atoms with Crippen molar-refractivity contribution in [3.05, 3.63) is 59.8 Å². The molecule has 1 N–H and O–H groups in total. The van der Waals surface area contributed by atoms with Gasteiger partial charge in [0.25, 0.3) is 0 Å². The van der Waals surface area contributed by atoms with E-state index in [-0.39, 0.29) is 5.82 Å². The van der Waals surface area contributed by atoms with Crippen LogP contribution < -0.4 is 0 Å². The number of aryl methyl sites for hydroxylation is 1. The Kier molecular flexibility index (Phi) is 3.11. The normalized spacial score (nSPS) is 11.2. The van der Waals surface area contributed by atoms with Crippen LogP contribution in [0.3, 0.4) is 0 Å². The SMILES string of the molecule is Cc1nc(-c2nn(Cc3ccccc3F)c3cccnc23)n[nH]1. The van der Waals surface area contributed by atoms with E-state index >= 15 is 0 Å². The topological polar surface area (TPSA) is 72.3 Å². The molecule has 0 saturated heterocycles. The molecule has 0 amide bonds. The second-order valence-corrected chi connectivity index (χ2v) is 5.21. The maximum absolute atomic E-state index is 13.9. The number of H-pyrrole nitrogens is 1. The third-order valence-corrected chi connectivity index (χ3v) is 3.60. The lowest BCUT2D eigenvalue weighted by Crippen LogP contribution is -2.03. The molecule has 7 heteroatoms. The van der Waals surface area contributed by atoms with E-state index < -0.39 is 0 Å². The van der Waals surface area contributed by atoms with Crippen LogP contribution >= 0.6 is 0 Å². The van der Waals surface area contributed by atoms with Crippen LogP contribution in [0.4, 0.5) is 4.39 Å². The van der Waals surface area contributed by atoms with E-state index in [9.17, 15) is 4.39 Å². The van der Waals surface area contributed by atoms with Gasteiger partial charge in [-0.05, 0) is 25.1 Å². The summed E-state index contributed by atoms with van der Waals surface area (Å²) in [6, 6.07) is 10.4. The van der Waals surface area contributed by atoms with Gasteiger partial charge in [0.15, 0.2) is 5.69 Å². The number of nitrogens with zero attached hydrogens (tertiary/aromatic N) is 5. The third kappa shape index (κ3) is 2.36. The van der Waals surface area contributed by atoms with Crippen LogP contribution in [0, 0.1) is 12.7 Å². The van der Waals surface area contributed by atoms with E-state index in [0.29, 0.717) is 35.0 Å². The van der Waals surface area contributed by atoms with Crippen molar-refractivity contribution >= 4 is 11.0 Å². The van der Waals surface area contributed by atoms with Crippen molar-refractivity contribution in [1.82, 2.24) is 29.9 Å². The highest BCUT2D eigenvalue weighted by Crippen LogP contribution is 2.24. The van der Waals surface area contributed by atoms with Crippen molar-refractivity contribution in [3.8, 4) is 11.5 Å². The average molecular weight is 308 g/mol. The molecule has 4 rings (SSSR count). The van der Waals surface area contributed by atoms with Crippen molar-refractivity contribution in [3.63, 3.8) is 0 Å². The van der Waals surface area contributed by atoms with Gasteiger partial charge in [-0.15, -0.1) is 0 Å². The quantitative estimate of drug-likeness (QED) is 0.631. The molecule has 0 aliphatic carbocycles. The maximum Gasteiger partial charge on any atom is 0.203 e. The number of pyridine rings is 1. The first-order valence-corrected chi connectivity index (χ1v) is 7.16. The number of aromatic amines is 1. The summed E-state index contributed by atoms with van der Waals surface area (Å²) in [5, 5.41) is 11.5. The number of benzene rings is 1. The lowest BCUT2D eigenvalue weighted by molar-refractivity contribution is 0.590. The molecule has 4 aromatic rings. The summed E-state index contributed by atoms with van der Waals surface area (Å²) in [5.41, 5.74) is 2.66. The molecule has 6 nitrogen and oxygen atoms in total. The van der Waals surface area contributed by atoms with Crippen molar-refractivity contribution < 1.29 is 4.39 Å². The molecular weight excluding hydrogens is 295 g/mol. The zero-order valence-electron chi connectivity index (χ0n) is 12.4. The summed E-state index contributed by atoms with van der Waals surface area (Å²) in [4.78, 5) is 8.69. The minimum atomic E-state index is -0.254. The Morgan fingerprint density at radius 3 is 2.83 bits per heavy atom. The third-order valence-electron chi connectivity index (χ3n) is 3.60. The van der Waals surface area contributed by atoms with Crippen LogP contribution in [0.1, 0.15) is 11.4 Å². The summed E-state index contributed by atoms with van der Waals surface area (Å²) < 4.78 is 15.6. The molecule has 3 heterocycles. The molecule has 23 heavy (non-hydrogen) atoms. The number of hydrogen-bond donors (Lipinski definition) is 1. The van der Waals surface area contributed by atoms with Gasteiger partial charge in [-0.1, -0.05) is 18.2 Å². The predicted octanol–water partition coefficient (Wildman–Crippen LogP) is 2.71. The highest BCUT2D eigenvalue weighted by molar-refractivity contribution is 5.87. The van der Waals surface area contributed by atoms with Gasteiger partial charge in [-0.25, -0.2) is 9.37 Å². The van der Waals surface area contributed by atoms with Gasteiger partial charge in [0.2, 0.25) is 5.82 Å². The van der Waals surface area contributed by atoms with Gasteiger partial charge in [0.1, 0.15) is 17.2 Å². The molecule has 3 aromatic heterocycles. The van der Waals surface area contributed by atoms with Gasteiger partial charge in [0.05, 0.1) is 12.1 Å². The fraction of sp³-hybridized carbons (Fsp3) is 0.125. The summed E-state index contributed by atoms with van der Waals surface area (Å²) in [7, 11) is 0. The Bertz CT molecular complexity index is 987. The fourth-order valence-corrected chi connectivity index (χ4v) is 2.52. The molecule has 0 bridgehead atoms. The van der Waals surface area contributed by atoms with Crippen LogP contribution in [0.15, 0.2) is 42.6 Å². The number of hydrogen-bond acceptors (Lipinski definition) is 4. The first-order valence-electron chi connectivity index (χ1n) is 7.16. The van der Waals surface area contributed by atoms with Gasteiger partial charge in [-0.3, -0.25) is 14.8 Å². The molecule has 114 valence electrons. The second kappa shape index (κ2) is 5.28. The highest BCUT2D eigenvalue weighted by Gasteiger charge is 2.17. The number of rotatable bonds is 3. The average Bonchev–Trinajstić information content (AvgIpc) is 3.14. The lowest BCUT2D eigenvalue weighted by Gasteiger charge is -2.04. The monoisotopic (exact) mass is 308 g/mol. The van der Waals surface area contributed by atoms with Crippen molar-refractivity contribution in [1.29, 1.82) is 0 Å². The first kappa shape index (κ1) is 13.6. The van der Waals surface area contributed by atoms with E-state index in [1.807, 2.05) is 25.1 Å². The Hall–Kier alpha value is -3.09. The summed E-state index contributed by atoms with van der Waals surface area (Å²) in [6.07, 6.45) is 1.69. The van der Waals surface area contributed by atoms with Gasteiger partial charge >= 0.3 is 0 Å². The minimum absolute atomic E-state index is 0.254. The fourth-order valence-electron chi connectivity index (χ4n) is 2.52. The number of fused-ring (bicyclic) bond motifs is 1. The largest absolute Gasteiger partial charge is 0.263 e. The molecule has 0 aliphatic heterocycles. The van der Waals surface area contributed by atoms with Gasteiger partial charge in [0, 0.05) is 11.8 Å². The molecule has 0 radical (unpaired) electrons. The molecule has 0 fully saturated rings. The van der Waals surface area contributed by atoms with Gasteiger partial charge in [-0.2, -0.15) is 10.2 Å². The van der Waals surface area contributed by atoms with E-state index in [1.54, 1.807) is 23.0 Å². The van der Waals surface area contributed by atoms with Gasteiger partial charge < -0.3 is 0 Å². The van der Waals surface area contributed by atoms with E-state index in [0.717, 1.165) is 5.52 Å². The van der Waals surface area contributed by atoms with Crippen LogP contribution in [0.5, 0.6) is 0 Å². The lowest BCUT2D eigenvalue weighted by atomic mass is 10.2. The molecular formula is C16H13FN6. The zero-order valence-corrected chi connectivity index (χ0v) is 12.4. The highest BCUT2D eigenvalue weighted by atomic mass is 19.1. The first-order chi connectivity index (χ1) is 11.2. The van der Waals surface area contributed by atoms with E-state index in [2.05, 4.69) is 25.3 Å². The van der Waals surface area contributed by atoms with E-state index in [4.69, 9.17) is 0 Å². The molecule has 0 saturated carbocycles. The minimum Gasteiger partial charge on any atom is -0.263 e. The van der Waals surface area contributed by atoms with Crippen molar-refractivity contribution in [2.75, 3.05) is 0 Å². The Labute approximate surface area is 131 Å². The molecule has 0 aliphatic rings. The Balaban J connectivity index is 1.86. The maximum atomic E-state index is 13.9. The van der Waals surface area contributed by atoms with E-state index in [1.165, 1.54) is 6.07 Å². The number of halogens is 1. The van der Waals surface area contributed by atoms with Crippen LogP contribution in [-0.2, 0) is 6.54 Å². The summed E-state index contributed by atoms with van der Waals surface area (Å²) >= 11 is 0. The predicted molar refractivity (Wildman–Crippen MR) is 83.1 cm³/mol. The Morgan fingerprint density at radius 1 is 1.17 bits per heavy atom. The summed E-state index contributed by atoms with van der Waals surface area (Å²) in [5.74, 6) is 0.932. The smallest absolute Gasteiger partial charge is 0.203 e.